The molecule has 0 aromatic heterocycles. The lowest BCUT2D eigenvalue weighted by Crippen LogP contribution is -2.48. The molecule has 0 aromatic rings. The van der Waals surface area contributed by atoms with E-state index in [1.165, 1.54) is 0 Å². The maximum atomic E-state index is 11.7. The van der Waals surface area contributed by atoms with E-state index in [4.69, 9.17) is 0 Å². The highest BCUT2D eigenvalue weighted by molar-refractivity contribution is 7.99. The molecule has 2 saturated heterocycles. The summed E-state index contributed by atoms with van der Waals surface area (Å²) in [6, 6.07) is 0.213. The molecule has 0 spiro atoms. The summed E-state index contributed by atoms with van der Waals surface area (Å²) in [7, 11) is -0.649. The fourth-order valence-electron chi connectivity index (χ4n) is 1.80. The zero-order chi connectivity index (χ0) is 10.7. The largest absolute Gasteiger partial charge is 0.352 e. The van der Waals surface area contributed by atoms with Gasteiger partial charge in [-0.15, -0.1) is 11.8 Å². The third-order valence-corrected chi connectivity index (χ3v) is 5.09. The molecule has 0 radical (unpaired) electrons. The fraction of sp³-hybridized carbons (Fsp3) is 0.889. The Hall–Kier alpha value is -0.0700. The minimum Gasteiger partial charge on any atom is -0.352 e. The van der Waals surface area contributed by atoms with E-state index < -0.39 is 10.8 Å². The molecule has 2 aliphatic rings. The summed E-state index contributed by atoms with van der Waals surface area (Å²) in [5, 5.41) is 6.18. The van der Waals surface area contributed by atoms with Crippen LogP contribution in [0.15, 0.2) is 0 Å². The molecule has 0 aliphatic carbocycles. The second-order valence-corrected chi connectivity index (χ2v) is 6.63. The van der Waals surface area contributed by atoms with E-state index in [-0.39, 0.29) is 18.0 Å². The number of carbonyl (C=O) groups excluding carboxylic acids is 1. The van der Waals surface area contributed by atoms with Crippen LogP contribution in [0.4, 0.5) is 0 Å². The topological polar surface area (TPSA) is 58.2 Å². The molecule has 1 amide bonds. The van der Waals surface area contributed by atoms with Crippen LogP contribution in [0.1, 0.15) is 12.8 Å². The summed E-state index contributed by atoms with van der Waals surface area (Å²) < 4.78 is 11.1. The molecule has 2 fully saturated rings. The zero-order valence-electron chi connectivity index (χ0n) is 8.53. The minimum atomic E-state index is -0.649. The first-order valence-electron chi connectivity index (χ1n) is 5.22. The molecule has 2 heterocycles. The maximum absolute atomic E-state index is 11.7. The highest BCUT2D eigenvalue weighted by Crippen LogP contribution is 2.12. The average Bonchev–Trinajstić information content (AvgIpc) is 2.74. The molecule has 0 saturated carbocycles. The number of rotatable bonds is 2. The molecule has 4 nitrogen and oxygen atoms in total. The lowest BCUT2D eigenvalue weighted by atomic mass is 10.1. The van der Waals surface area contributed by atoms with Crippen LogP contribution in [0, 0.1) is 0 Å². The van der Waals surface area contributed by atoms with Gasteiger partial charge in [-0.1, -0.05) is 0 Å². The van der Waals surface area contributed by atoms with Crippen LogP contribution in [-0.4, -0.2) is 45.3 Å². The van der Waals surface area contributed by atoms with Gasteiger partial charge in [0, 0.05) is 40.0 Å². The third kappa shape index (κ3) is 3.19. The first-order valence-corrected chi connectivity index (χ1v) is 7.86. The molecule has 2 rings (SSSR count). The van der Waals surface area contributed by atoms with Crippen LogP contribution >= 0.6 is 11.8 Å². The van der Waals surface area contributed by atoms with Gasteiger partial charge in [0.05, 0.1) is 6.04 Å². The minimum absolute atomic E-state index is 0.0255. The average molecular weight is 248 g/mol. The Balaban J connectivity index is 1.76. The van der Waals surface area contributed by atoms with E-state index in [1.807, 2.05) is 0 Å². The Bertz CT molecular complexity index is 257. The van der Waals surface area contributed by atoms with Gasteiger partial charge in [-0.2, -0.15) is 0 Å². The molecule has 1 unspecified atom stereocenters. The van der Waals surface area contributed by atoms with E-state index in [9.17, 15) is 9.00 Å². The van der Waals surface area contributed by atoms with Crippen LogP contribution in [0.3, 0.4) is 0 Å². The summed E-state index contributed by atoms with van der Waals surface area (Å²) in [6.45, 7) is 0. The van der Waals surface area contributed by atoms with Crippen molar-refractivity contribution in [3.8, 4) is 0 Å². The second kappa shape index (κ2) is 5.32. The number of thioether (sulfide) groups is 1. The van der Waals surface area contributed by atoms with Crippen LogP contribution < -0.4 is 10.6 Å². The van der Waals surface area contributed by atoms with Crippen LogP contribution in [0.5, 0.6) is 0 Å². The predicted molar refractivity (Wildman–Crippen MR) is 63.3 cm³/mol. The summed E-state index contributed by atoms with van der Waals surface area (Å²) in [5.41, 5.74) is 0. The van der Waals surface area contributed by atoms with E-state index in [1.54, 1.807) is 11.8 Å². The van der Waals surface area contributed by atoms with Gasteiger partial charge in [0.2, 0.25) is 5.91 Å². The molecule has 6 heteroatoms. The van der Waals surface area contributed by atoms with Gasteiger partial charge in [0.15, 0.2) is 0 Å². The Morgan fingerprint density at radius 1 is 1.40 bits per heavy atom. The smallest absolute Gasteiger partial charge is 0.238 e. The number of hydrogen-bond acceptors (Lipinski definition) is 4. The second-order valence-electron chi connectivity index (χ2n) is 3.90. The molecule has 1 atom stereocenters. The summed E-state index contributed by atoms with van der Waals surface area (Å²) in [4.78, 5) is 11.7. The van der Waals surface area contributed by atoms with Crippen molar-refractivity contribution in [2.45, 2.75) is 24.9 Å². The van der Waals surface area contributed by atoms with Crippen molar-refractivity contribution in [2.75, 3.05) is 23.1 Å². The highest BCUT2D eigenvalue weighted by atomic mass is 32.2. The van der Waals surface area contributed by atoms with Gasteiger partial charge in [-0.3, -0.25) is 14.3 Å². The normalized spacial score (nSPS) is 36.4. The zero-order valence-corrected chi connectivity index (χ0v) is 10.2. The molecular weight excluding hydrogens is 232 g/mol. The summed E-state index contributed by atoms with van der Waals surface area (Å²) >= 11 is 1.75. The number of carbonyl (C=O) groups is 1. The fourth-order valence-corrected chi connectivity index (χ4v) is 4.04. The SMILES string of the molecule is O=C(NC1CCS(=O)CC1)C1CSCN1. The molecular formula is C9H16N2O2S2. The van der Waals surface area contributed by atoms with Crippen LogP contribution in [0.2, 0.25) is 0 Å². The van der Waals surface area contributed by atoms with Crippen molar-refractivity contribution in [2.24, 2.45) is 0 Å². The van der Waals surface area contributed by atoms with Crippen molar-refractivity contribution < 1.29 is 9.00 Å². The van der Waals surface area contributed by atoms with Crippen LogP contribution in [-0.2, 0) is 15.6 Å². The third-order valence-electron chi connectivity index (χ3n) is 2.77. The van der Waals surface area contributed by atoms with E-state index in [0.717, 1.165) is 36.0 Å². The Kier molecular flexibility index (Phi) is 4.05. The van der Waals surface area contributed by atoms with Gasteiger partial charge in [0.1, 0.15) is 0 Å². The van der Waals surface area contributed by atoms with Gasteiger partial charge in [-0.05, 0) is 12.8 Å². The van der Waals surface area contributed by atoms with E-state index in [2.05, 4.69) is 10.6 Å². The van der Waals surface area contributed by atoms with Crippen molar-refractivity contribution in [1.29, 1.82) is 0 Å². The number of nitrogens with one attached hydrogen (secondary N) is 2. The molecule has 2 N–H and O–H groups in total. The first kappa shape index (κ1) is 11.4. The van der Waals surface area contributed by atoms with E-state index >= 15 is 0 Å². The molecule has 86 valence electrons. The highest BCUT2D eigenvalue weighted by Gasteiger charge is 2.26. The van der Waals surface area contributed by atoms with Gasteiger partial charge < -0.3 is 5.32 Å². The van der Waals surface area contributed by atoms with Gasteiger partial charge in [0.25, 0.3) is 0 Å². The molecule has 15 heavy (non-hydrogen) atoms. The lowest BCUT2D eigenvalue weighted by Gasteiger charge is -2.23. The van der Waals surface area contributed by atoms with Crippen LogP contribution in [0.25, 0.3) is 0 Å². The van der Waals surface area contributed by atoms with Gasteiger partial charge in [-0.25, -0.2) is 0 Å². The number of hydrogen-bond donors (Lipinski definition) is 2. The molecule has 0 aromatic carbocycles. The van der Waals surface area contributed by atoms with Crippen molar-refractivity contribution in [3.63, 3.8) is 0 Å². The Labute approximate surface area is 96.4 Å². The lowest BCUT2D eigenvalue weighted by molar-refractivity contribution is -0.123. The Morgan fingerprint density at radius 2 is 2.13 bits per heavy atom. The van der Waals surface area contributed by atoms with Gasteiger partial charge >= 0.3 is 0 Å². The first-order chi connectivity index (χ1) is 7.25. The molecule has 0 bridgehead atoms. The summed E-state index contributed by atoms with van der Waals surface area (Å²) in [6.07, 6.45) is 1.72. The monoisotopic (exact) mass is 248 g/mol. The summed E-state index contributed by atoms with van der Waals surface area (Å²) in [5.74, 6) is 3.31. The quantitative estimate of drug-likeness (QED) is 0.703. The Morgan fingerprint density at radius 3 is 2.73 bits per heavy atom. The van der Waals surface area contributed by atoms with Crippen molar-refractivity contribution in [3.05, 3.63) is 0 Å². The van der Waals surface area contributed by atoms with E-state index in [0.29, 0.717) is 0 Å². The van der Waals surface area contributed by atoms with Crippen molar-refractivity contribution >= 4 is 28.5 Å². The standard InChI is InChI=1S/C9H16N2O2S2/c12-9(8-5-14-6-10-8)11-7-1-3-15(13)4-2-7/h7-8,10H,1-6H2,(H,11,12). The predicted octanol–water partition coefficient (Wildman–Crippen LogP) is -0.324. The van der Waals surface area contributed by atoms with Crippen molar-refractivity contribution in [1.82, 2.24) is 10.6 Å². The molecule has 2 aliphatic heterocycles. The maximum Gasteiger partial charge on any atom is 0.238 e. The number of amides is 1.